The van der Waals surface area contributed by atoms with Crippen molar-refractivity contribution in [3.8, 4) is 5.75 Å². The van der Waals surface area contributed by atoms with Crippen molar-refractivity contribution in [2.24, 2.45) is 0 Å². The van der Waals surface area contributed by atoms with Crippen LogP contribution in [0.25, 0.3) is 5.53 Å². The predicted octanol–water partition coefficient (Wildman–Crippen LogP) is 2.81. The van der Waals surface area contributed by atoms with Gasteiger partial charge in [0.05, 0.1) is 18.9 Å². The van der Waals surface area contributed by atoms with E-state index in [4.69, 9.17) is 26.6 Å². The molecule has 1 aromatic carbocycles. The Bertz CT molecular complexity index is 657. The number of ether oxygens (including phenoxy) is 2. The maximum Gasteiger partial charge on any atom is 0.318 e. The molecule has 6 heteroatoms. The van der Waals surface area contributed by atoms with Crippen LogP contribution >= 0.6 is 11.6 Å². The number of morpholine rings is 1. The zero-order chi connectivity index (χ0) is 15.4. The first-order chi connectivity index (χ1) is 10.8. The van der Waals surface area contributed by atoms with Crippen LogP contribution < -0.4 is 4.74 Å². The van der Waals surface area contributed by atoms with Crippen LogP contribution in [-0.4, -0.2) is 41.7 Å². The molecule has 1 aliphatic heterocycles. The van der Waals surface area contributed by atoms with E-state index in [1.54, 1.807) is 6.08 Å². The molecule has 0 bridgehead atoms. The van der Waals surface area contributed by atoms with Gasteiger partial charge in [-0.3, -0.25) is 0 Å². The van der Waals surface area contributed by atoms with E-state index in [1.807, 2.05) is 30.3 Å². The van der Waals surface area contributed by atoms with Crippen LogP contribution in [0.1, 0.15) is 6.42 Å². The van der Waals surface area contributed by atoms with Crippen LogP contribution in [0, 0.1) is 0 Å². The lowest BCUT2D eigenvalue weighted by atomic mass is 10.1. The highest BCUT2D eigenvalue weighted by atomic mass is 35.5. The number of rotatable bonds is 3. The van der Waals surface area contributed by atoms with Crippen LogP contribution in [0.15, 0.2) is 52.9 Å². The van der Waals surface area contributed by atoms with Crippen LogP contribution in [0.4, 0.5) is 0 Å². The van der Waals surface area contributed by atoms with Gasteiger partial charge in [-0.25, -0.2) is 0 Å². The lowest BCUT2D eigenvalue weighted by Crippen LogP contribution is -2.37. The molecule has 114 valence electrons. The predicted molar refractivity (Wildman–Crippen MR) is 83.7 cm³/mol. The standard InChI is InChI=1S/C16H16ClN3O2/c17-13-10-15(20-6-8-21-9-7-20)16(11-14(13)19-18)22-12-4-2-1-3-5-12/h1-5,10H,6-9,11H2. The molecule has 1 aliphatic carbocycles. The van der Waals surface area contributed by atoms with E-state index in [0.29, 0.717) is 30.4 Å². The van der Waals surface area contributed by atoms with Gasteiger partial charge in [-0.1, -0.05) is 29.8 Å². The summed E-state index contributed by atoms with van der Waals surface area (Å²) in [4.78, 5) is 5.44. The fourth-order valence-electron chi connectivity index (χ4n) is 2.49. The Balaban J connectivity index is 1.95. The Hall–Kier alpha value is -2.07. The summed E-state index contributed by atoms with van der Waals surface area (Å²) in [7, 11) is 0. The number of halogens is 1. The Labute approximate surface area is 134 Å². The molecule has 5 nitrogen and oxygen atoms in total. The summed E-state index contributed by atoms with van der Waals surface area (Å²) in [6, 6.07) is 9.54. The van der Waals surface area contributed by atoms with Crippen molar-refractivity contribution in [2.45, 2.75) is 6.42 Å². The largest absolute Gasteiger partial charge is 0.459 e. The molecule has 2 aliphatic rings. The van der Waals surface area contributed by atoms with Gasteiger partial charge >= 0.3 is 5.71 Å². The van der Waals surface area contributed by atoms with Crippen molar-refractivity contribution < 1.29 is 14.3 Å². The molecule has 1 heterocycles. The third-order valence-corrected chi connectivity index (χ3v) is 3.94. The molecular weight excluding hydrogens is 302 g/mol. The molecule has 0 spiro atoms. The second-order valence-electron chi connectivity index (χ2n) is 5.04. The van der Waals surface area contributed by atoms with Gasteiger partial charge in [-0.2, -0.15) is 4.79 Å². The number of benzene rings is 1. The van der Waals surface area contributed by atoms with E-state index in [9.17, 15) is 0 Å². The van der Waals surface area contributed by atoms with Gasteiger partial charge in [-0.15, -0.1) is 0 Å². The number of para-hydroxylation sites is 1. The molecular formula is C16H16ClN3O2. The summed E-state index contributed by atoms with van der Waals surface area (Å²) in [6.45, 7) is 2.91. The second kappa shape index (κ2) is 6.79. The van der Waals surface area contributed by atoms with Crippen molar-refractivity contribution in [2.75, 3.05) is 26.3 Å². The molecule has 22 heavy (non-hydrogen) atoms. The summed E-state index contributed by atoms with van der Waals surface area (Å²) < 4.78 is 11.4. The minimum Gasteiger partial charge on any atom is -0.459 e. The van der Waals surface area contributed by atoms with Crippen molar-refractivity contribution in [1.82, 2.24) is 4.90 Å². The van der Waals surface area contributed by atoms with Crippen molar-refractivity contribution in [3.05, 3.63) is 58.4 Å². The van der Waals surface area contributed by atoms with E-state index in [0.717, 1.165) is 30.3 Å². The Kier molecular flexibility index (Phi) is 4.59. The number of nitrogens with zero attached hydrogens (tertiary/aromatic N) is 3. The molecule has 0 atom stereocenters. The average Bonchev–Trinajstić information content (AvgIpc) is 2.58. The molecule has 1 aromatic rings. The second-order valence-corrected chi connectivity index (χ2v) is 5.45. The smallest absolute Gasteiger partial charge is 0.318 e. The van der Waals surface area contributed by atoms with Crippen molar-refractivity contribution >= 4 is 17.3 Å². The summed E-state index contributed by atoms with van der Waals surface area (Å²) in [5, 5.41) is 0.435. The molecule has 0 amide bonds. The molecule has 0 saturated carbocycles. The fraction of sp³-hybridized carbons (Fsp3) is 0.312. The van der Waals surface area contributed by atoms with E-state index in [1.165, 1.54) is 0 Å². The summed E-state index contributed by atoms with van der Waals surface area (Å²) >= 11 is 6.19. The van der Waals surface area contributed by atoms with Crippen LogP contribution in [0.2, 0.25) is 0 Å². The van der Waals surface area contributed by atoms with Gasteiger partial charge < -0.3 is 19.9 Å². The lowest BCUT2D eigenvalue weighted by molar-refractivity contribution is -0.00699. The lowest BCUT2D eigenvalue weighted by Gasteiger charge is -2.32. The van der Waals surface area contributed by atoms with Gasteiger partial charge in [0.2, 0.25) is 0 Å². The number of hydrogen-bond donors (Lipinski definition) is 0. The van der Waals surface area contributed by atoms with Crippen molar-refractivity contribution in [3.63, 3.8) is 0 Å². The van der Waals surface area contributed by atoms with Crippen LogP contribution in [0.3, 0.4) is 0 Å². The molecule has 0 radical (unpaired) electrons. The van der Waals surface area contributed by atoms with E-state index in [-0.39, 0.29) is 0 Å². The summed E-state index contributed by atoms with van der Waals surface area (Å²) in [6.07, 6.45) is 2.15. The molecule has 3 rings (SSSR count). The minimum absolute atomic E-state index is 0.355. The molecule has 0 unspecified atom stereocenters. The zero-order valence-electron chi connectivity index (χ0n) is 12.0. The molecule has 0 N–H and O–H groups in total. The SMILES string of the molecule is [N-]=[N+]=C1CC(Oc2ccccc2)=C(N2CCOCC2)C=C1Cl. The maximum atomic E-state index is 9.09. The first-order valence-electron chi connectivity index (χ1n) is 7.15. The van der Waals surface area contributed by atoms with E-state index in [2.05, 4.69) is 9.69 Å². The topological polar surface area (TPSA) is 58.1 Å². The summed E-state index contributed by atoms with van der Waals surface area (Å²) in [5.41, 5.74) is 10.4. The third-order valence-electron chi connectivity index (χ3n) is 3.61. The Morgan fingerprint density at radius 2 is 1.91 bits per heavy atom. The van der Waals surface area contributed by atoms with Gasteiger partial charge in [0, 0.05) is 13.1 Å². The van der Waals surface area contributed by atoms with Crippen LogP contribution in [-0.2, 0) is 4.74 Å². The first-order valence-corrected chi connectivity index (χ1v) is 7.53. The van der Waals surface area contributed by atoms with Gasteiger partial charge in [0.25, 0.3) is 0 Å². The molecule has 1 fully saturated rings. The summed E-state index contributed by atoms with van der Waals surface area (Å²) in [5.74, 6) is 1.47. The highest BCUT2D eigenvalue weighted by molar-refractivity contribution is 6.43. The Morgan fingerprint density at radius 3 is 2.59 bits per heavy atom. The maximum absolute atomic E-state index is 9.09. The van der Waals surface area contributed by atoms with Crippen molar-refractivity contribution in [1.29, 1.82) is 0 Å². The monoisotopic (exact) mass is 317 g/mol. The van der Waals surface area contributed by atoms with Crippen LogP contribution in [0.5, 0.6) is 5.75 Å². The van der Waals surface area contributed by atoms with E-state index < -0.39 is 0 Å². The molecule has 1 saturated heterocycles. The minimum atomic E-state index is 0.355. The zero-order valence-corrected chi connectivity index (χ0v) is 12.8. The normalized spacial score (nSPS) is 18.9. The first kappa shape index (κ1) is 14.9. The van der Waals surface area contributed by atoms with Gasteiger partial charge in [0.1, 0.15) is 23.0 Å². The average molecular weight is 318 g/mol. The third kappa shape index (κ3) is 3.22. The van der Waals surface area contributed by atoms with Gasteiger partial charge in [-0.05, 0) is 18.2 Å². The Morgan fingerprint density at radius 1 is 1.18 bits per heavy atom. The highest BCUT2D eigenvalue weighted by Crippen LogP contribution is 2.29. The fourth-order valence-corrected chi connectivity index (χ4v) is 2.69. The molecule has 0 aromatic heterocycles. The van der Waals surface area contributed by atoms with E-state index >= 15 is 0 Å². The number of allylic oxidation sites excluding steroid dienone is 3. The highest BCUT2D eigenvalue weighted by Gasteiger charge is 2.29. The quantitative estimate of drug-likeness (QED) is 0.636. The number of hydrogen-bond acceptors (Lipinski definition) is 3. The van der Waals surface area contributed by atoms with Gasteiger partial charge in [0.15, 0.2) is 0 Å².